The molecule has 1 aromatic heterocycles. The number of carbonyl (C=O) groups excluding carboxylic acids is 1. The van der Waals surface area contributed by atoms with Gasteiger partial charge in [-0.1, -0.05) is 72.3 Å². The zero-order valence-electron chi connectivity index (χ0n) is 20.3. The molecule has 5 heteroatoms. The van der Waals surface area contributed by atoms with E-state index in [2.05, 4.69) is 66.2 Å². The van der Waals surface area contributed by atoms with E-state index in [1.54, 1.807) is 18.2 Å². The average molecular weight is 473 g/mol. The smallest absolute Gasteiger partial charge is 0.248 e. The first-order valence-corrected chi connectivity index (χ1v) is 12.0. The first kappa shape index (κ1) is 23.1. The third-order valence-electron chi connectivity index (χ3n) is 6.33. The van der Waals surface area contributed by atoms with E-state index in [-0.39, 0.29) is 11.9 Å². The van der Waals surface area contributed by atoms with Gasteiger partial charge in [0.15, 0.2) is 0 Å². The van der Waals surface area contributed by atoms with Gasteiger partial charge in [0.25, 0.3) is 0 Å². The molecule has 4 aromatic carbocycles. The molecule has 1 atom stereocenters. The van der Waals surface area contributed by atoms with E-state index < -0.39 is 0 Å². The van der Waals surface area contributed by atoms with Crippen molar-refractivity contribution in [3.8, 4) is 11.4 Å². The van der Waals surface area contributed by atoms with Gasteiger partial charge in [0.1, 0.15) is 5.82 Å². The number of aryl methyl sites for hydroxylation is 1. The molecule has 5 rings (SSSR count). The summed E-state index contributed by atoms with van der Waals surface area (Å²) in [5.41, 5.74) is 13.4. The molecule has 5 aromatic rings. The molecule has 0 fully saturated rings. The third kappa shape index (κ3) is 4.77. The minimum Gasteiger partial charge on any atom is -0.397 e. The first-order chi connectivity index (χ1) is 17.5. The molecule has 36 heavy (non-hydrogen) atoms. The van der Waals surface area contributed by atoms with E-state index in [0.717, 1.165) is 28.0 Å². The van der Waals surface area contributed by atoms with Gasteiger partial charge < -0.3 is 15.6 Å². The third-order valence-corrected chi connectivity index (χ3v) is 6.33. The number of aromatic nitrogens is 2. The molecular formula is C31H28N4O. The Labute approximate surface area is 210 Å². The molecule has 0 spiro atoms. The Morgan fingerprint density at radius 1 is 0.944 bits per heavy atom. The molecule has 0 aliphatic carbocycles. The second-order valence-corrected chi connectivity index (χ2v) is 8.92. The number of nitrogens with zero attached hydrogens (tertiary/aromatic N) is 2. The number of nitrogen functional groups attached to an aromatic ring is 1. The second-order valence-electron chi connectivity index (χ2n) is 8.92. The Hall–Kier alpha value is -4.64. The van der Waals surface area contributed by atoms with Crippen LogP contribution in [0.4, 0.5) is 11.4 Å². The van der Waals surface area contributed by atoms with Gasteiger partial charge in [0, 0.05) is 11.6 Å². The highest BCUT2D eigenvalue weighted by Crippen LogP contribution is 2.32. The summed E-state index contributed by atoms with van der Waals surface area (Å²) < 4.78 is 2.29. The zero-order valence-corrected chi connectivity index (χ0v) is 20.3. The Morgan fingerprint density at radius 3 is 2.50 bits per heavy atom. The highest BCUT2D eigenvalue weighted by atomic mass is 16.1. The summed E-state index contributed by atoms with van der Waals surface area (Å²) >= 11 is 0. The molecule has 0 aliphatic rings. The molecule has 0 radical (unpaired) electrons. The Morgan fingerprint density at radius 2 is 1.69 bits per heavy atom. The molecule has 3 N–H and O–H groups in total. The van der Waals surface area contributed by atoms with Crippen molar-refractivity contribution in [2.75, 3.05) is 11.1 Å². The number of para-hydroxylation sites is 4. The van der Waals surface area contributed by atoms with Crippen LogP contribution in [-0.2, 0) is 4.79 Å². The van der Waals surface area contributed by atoms with Gasteiger partial charge >= 0.3 is 0 Å². The zero-order chi connectivity index (χ0) is 25.1. The molecule has 0 saturated carbocycles. The molecule has 5 nitrogen and oxygen atoms in total. The fraction of sp³-hybridized carbons (Fsp3) is 0.0968. The number of fused-ring (bicyclic) bond motifs is 1. The number of benzene rings is 4. The SMILES string of the molecule is Cc1ccc([C@@H](C)n2c(-c3cccc(/C=C/C(=O)Nc4ccccc4N)c3)nc3ccccc32)cc1. The molecule has 0 unspecified atom stereocenters. The predicted octanol–water partition coefficient (Wildman–Crippen LogP) is 6.86. The number of hydrogen-bond acceptors (Lipinski definition) is 3. The topological polar surface area (TPSA) is 72.9 Å². The van der Waals surface area contributed by atoms with Crippen LogP contribution in [0.15, 0.2) is 103 Å². The number of nitrogens with two attached hydrogens (primary N) is 1. The summed E-state index contributed by atoms with van der Waals surface area (Å²) in [6, 6.07) is 32.2. The summed E-state index contributed by atoms with van der Waals surface area (Å²) in [4.78, 5) is 17.5. The van der Waals surface area contributed by atoms with E-state index in [1.807, 2.05) is 42.5 Å². The highest BCUT2D eigenvalue weighted by molar-refractivity contribution is 6.03. The summed E-state index contributed by atoms with van der Waals surface area (Å²) in [6.45, 7) is 4.30. The van der Waals surface area contributed by atoms with Crippen LogP contribution in [0.2, 0.25) is 0 Å². The number of anilines is 2. The standard InChI is InChI=1S/C31H28N4O/c1-21-14-17-24(18-15-21)22(2)35-29-13-6-5-12-28(29)34-31(35)25-9-7-8-23(20-25)16-19-30(36)33-27-11-4-3-10-26(27)32/h3-20,22H,32H2,1-2H3,(H,33,36)/b19-16+/t22-/m1/s1. The van der Waals surface area contributed by atoms with Gasteiger partial charge in [0.05, 0.1) is 28.5 Å². The van der Waals surface area contributed by atoms with E-state index in [0.29, 0.717) is 11.4 Å². The van der Waals surface area contributed by atoms with E-state index >= 15 is 0 Å². The van der Waals surface area contributed by atoms with Gasteiger partial charge in [-0.25, -0.2) is 4.98 Å². The van der Waals surface area contributed by atoms with Crippen LogP contribution in [0.3, 0.4) is 0 Å². The van der Waals surface area contributed by atoms with E-state index in [9.17, 15) is 4.79 Å². The molecule has 0 aliphatic heterocycles. The number of amides is 1. The van der Waals surface area contributed by atoms with Crippen molar-refractivity contribution in [3.05, 3.63) is 120 Å². The lowest BCUT2D eigenvalue weighted by Gasteiger charge is -2.19. The van der Waals surface area contributed by atoms with Crippen LogP contribution in [0, 0.1) is 6.92 Å². The van der Waals surface area contributed by atoms with Gasteiger partial charge in [-0.05, 0) is 61.4 Å². The van der Waals surface area contributed by atoms with Crippen LogP contribution in [0.25, 0.3) is 28.5 Å². The van der Waals surface area contributed by atoms with Crippen molar-refractivity contribution < 1.29 is 4.79 Å². The van der Waals surface area contributed by atoms with Crippen LogP contribution < -0.4 is 11.1 Å². The molecule has 0 saturated heterocycles. The summed E-state index contributed by atoms with van der Waals surface area (Å²) in [6.07, 6.45) is 3.32. The van der Waals surface area contributed by atoms with Gasteiger partial charge in [-0.3, -0.25) is 4.79 Å². The monoisotopic (exact) mass is 472 g/mol. The minimum absolute atomic E-state index is 0.0920. The number of imidazole rings is 1. The number of nitrogens with one attached hydrogen (secondary N) is 1. The van der Waals surface area contributed by atoms with E-state index in [1.165, 1.54) is 17.2 Å². The Kier molecular flexibility index (Phi) is 6.37. The number of hydrogen-bond donors (Lipinski definition) is 2. The molecule has 178 valence electrons. The molecule has 1 heterocycles. The quantitative estimate of drug-likeness (QED) is 0.210. The Balaban J connectivity index is 1.48. The van der Waals surface area contributed by atoms with Crippen LogP contribution >= 0.6 is 0 Å². The van der Waals surface area contributed by atoms with Gasteiger partial charge in [0.2, 0.25) is 5.91 Å². The fourth-order valence-corrected chi connectivity index (χ4v) is 4.37. The summed E-state index contributed by atoms with van der Waals surface area (Å²) in [5.74, 6) is 0.652. The lowest BCUT2D eigenvalue weighted by molar-refractivity contribution is -0.111. The van der Waals surface area contributed by atoms with Crippen molar-refractivity contribution >= 4 is 34.4 Å². The highest BCUT2D eigenvalue weighted by Gasteiger charge is 2.18. The summed E-state index contributed by atoms with van der Waals surface area (Å²) in [5, 5.41) is 2.82. The lowest BCUT2D eigenvalue weighted by Crippen LogP contribution is -2.09. The van der Waals surface area contributed by atoms with Crippen molar-refractivity contribution in [2.24, 2.45) is 0 Å². The van der Waals surface area contributed by atoms with Gasteiger partial charge in [-0.2, -0.15) is 0 Å². The maximum absolute atomic E-state index is 12.5. The second kappa shape index (κ2) is 9.92. The largest absolute Gasteiger partial charge is 0.397 e. The molecule has 1 amide bonds. The lowest BCUT2D eigenvalue weighted by atomic mass is 10.0. The Bertz CT molecular complexity index is 1560. The minimum atomic E-state index is -0.237. The first-order valence-electron chi connectivity index (χ1n) is 12.0. The van der Waals surface area contributed by atoms with Crippen LogP contribution in [-0.4, -0.2) is 15.5 Å². The predicted molar refractivity (Wildman–Crippen MR) is 149 cm³/mol. The maximum atomic E-state index is 12.5. The fourth-order valence-electron chi connectivity index (χ4n) is 4.37. The summed E-state index contributed by atoms with van der Waals surface area (Å²) in [7, 11) is 0. The van der Waals surface area contributed by atoms with Gasteiger partial charge in [-0.15, -0.1) is 0 Å². The normalized spacial score (nSPS) is 12.2. The van der Waals surface area contributed by atoms with Crippen molar-refractivity contribution in [2.45, 2.75) is 19.9 Å². The number of rotatable bonds is 6. The van der Waals surface area contributed by atoms with Crippen molar-refractivity contribution in [3.63, 3.8) is 0 Å². The van der Waals surface area contributed by atoms with Crippen LogP contribution in [0.5, 0.6) is 0 Å². The molecule has 0 bridgehead atoms. The van der Waals surface area contributed by atoms with Crippen molar-refractivity contribution in [1.29, 1.82) is 0 Å². The van der Waals surface area contributed by atoms with E-state index in [4.69, 9.17) is 10.7 Å². The van der Waals surface area contributed by atoms with Crippen LogP contribution in [0.1, 0.15) is 29.7 Å². The maximum Gasteiger partial charge on any atom is 0.248 e. The number of carbonyl (C=O) groups is 1. The molecular weight excluding hydrogens is 444 g/mol. The average Bonchev–Trinajstić information content (AvgIpc) is 3.29. The van der Waals surface area contributed by atoms with Crippen molar-refractivity contribution in [1.82, 2.24) is 9.55 Å².